The molecule has 0 atom stereocenters. The number of fused-ring (bicyclic) bond motifs is 1. The number of amides is 1. The largest absolute Gasteiger partial charge is 0.493 e. The van der Waals surface area contributed by atoms with Crippen molar-refractivity contribution in [2.24, 2.45) is 0 Å². The Morgan fingerprint density at radius 2 is 2.03 bits per heavy atom. The molecule has 0 aliphatic rings. The Balaban J connectivity index is 1.80. The molecule has 2 aromatic carbocycles. The summed E-state index contributed by atoms with van der Waals surface area (Å²) < 4.78 is 24.7. The van der Waals surface area contributed by atoms with Gasteiger partial charge in [-0.25, -0.2) is 14.4 Å². The highest BCUT2D eigenvalue weighted by atomic mass is 35.5. The topological polar surface area (TPSA) is 85.4 Å². The molecular weight excluding hydrogens is 411 g/mol. The minimum absolute atomic E-state index is 0.00653. The molecule has 30 heavy (non-hydrogen) atoms. The van der Waals surface area contributed by atoms with Crippen LogP contribution in [-0.4, -0.2) is 36.1 Å². The van der Waals surface area contributed by atoms with Crippen LogP contribution >= 0.6 is 11.6 Å². The van der Waals surface area contributed by atoms with Gasteiger partial charge in [-0.1, -0.05) is 18.5 Å². The van der Waals surface area contributed by atoms with Gasteiger partial charge in [0.25, 0.3) is 0 Å². The van der Waals surface area contributed by atoms with Crippen LogP contribution in [0.15, 0.2) is 36.7 Å². The van der Waals surface area contributed by atoms with Crippen molar-refractivity contribution in [1.29, 1.82) is 0 Å². The number of hydrogen-bond acceptors (Lipinski definition) is 6. The number of hydrogen-bond donors (Lipinski definition) is 2. The molecule has 0 saturated carbocycles. The summed E-state index contributed by atoms with van der Waals surface area (Å²) in [4.78, 5) is 19.9. The first kappa shape index (κ1) is 21.6. The molecule has 1 amide bonds. The molecular formula is C21H22ClFN4O3. The summed E-state index contributed by atoms with van der Waals surface area (Å²) in [6.45, 7) is 2.74. The fourth-order valence-electron chi connectivity index (χ4n) is 2.75. The van der Waals surface area contributed by atoms with Crippen LogP contribution in [0.25, 0.3) is 10.9 Å². The van der Waals surface area contributed by atoms with Crippen LogP contribution in [0.4, 0.5) is 15.9 Å². The lowest BCUT2D eigenvalue weighted by molar-refractivity contribution is -0.120. The van der Waals surface area contributed by atoms with Gasteiger partial charge in [-0.3, -0.25) is 4.79 Å². The van der Waals surface area contributed by atoms with Gasteiger partial charge in [-0.05, 0) is 30.7 Å². The number of halogens is 2. The van der Waals surface area contributed by atoms with Crippen molar-refractivity contribution in [2.45, 2.75) is 19.8 Å². The van der Waals surface area contributed by atoms with Crippen LogP contribution in [0, 0.1) is 5.82 Å². The third-order valence-corrected chi connectivity index (χ3v) is 4.61. The third-order valence-electron chi connectivity index (χ3n) is 4.33. The first-order valence-corrected chi connectivity index (χ1v) is 9.84. The average Bonchev–Trinajstić information content (AvgIpc) is 2.75. The maximum atomic E-state index is 13.4. The van der Waals surface area contributed by atoms with Crippen molar-refractivity contribution in [3.63, 3.8) is 0 Å². The Kier molecular flexibility index (Phi) is 7.24. The smallest absolute Gasteiger partial charge is 0.219 e. The molecule has 0 spiro atoms. The molecule has 1 aromatic heterocycles. The number of carbonyl (C=O) groups is 1. The van der Waals surface area contributed by atoms with E-state index in [1.807, 2.05) is 0 Å². The van der Waals surface area contributed by atoms with E-state index in [-0.39, 0.29) is 10.9 Å². The zero-order valence-electron chi connectivity index (χ0n) is 16.7. The molecule has 158 valence electrons. The first-order valence-electron chi connectivity index (χ1n) is 9.46. The molecule has 0 aliphatic carbocycles. The van der Waals surface area contributed by atoms with E-state index >= 15 is 0 Å². The Morgan fingerprint density at radius 3 is 2.77 bits per heavy atom. The monoisotopic (exact) mass is 432 g/mol. The van der Waals surface area contributed by atoms with Gasteiger partial charge in [-0.2, -0.15) is 0 Å². The summed E-state index contributed by atoms with van der Waals surface area (Å²) in [6, 6.07) is 7.88. The van der Waals surface area contributed by atoms with E-state index in [9.17, 15) is 9.18 Å². The molecule has 0 radical (unpaired) electrons. The highest BCUT2D eigenvalue weighted by Gasteiger charge is 2.12. The van der Waals surface area contributed by atoms with Crippen molar-refractivity contribution >= 4 is 39.9 Å². The zero-order valence-corrected chi connectivity index (χ0v) is 17.4. The molecule has 7 nitrogen and oxygen atoms in total. The van der Waals surface area contributed by atoms with Crippen molar-refractivity contribution in [3.05, 3.63) is 47.5 Å². The lowest BCUT2D eigenvalue weighted by Gasteiger charge is -2.14. The van der Waals surface area contributed by atoms with Gasteiger partial charge >= 0.3 is 0 Å². The number of methoxy groups -OCH3 is 1. The summed E-state index contributed by atoms with van der Waals surface area (Å²) in [5.41, 5.74) is 1.24. The number of ether oxygens (including phenoxy) is 2. The quantitative estimate of drug-likeness (QED) is 0.485. The van der Waals surface area contributed by atoms with E-state index in [2.05, 4.69) is 20.6 Å². The number of benzene rings is 2. The number of carbonyl (C=O) groups excluding carboxylic acids is 1. The van der Waals surface area contributed by atoms with Crippen molar-refractivity contribution < 1.29 is 18.7 Å². The van der Waals surface area contributed by atoms with Gasteiger partial charge in [0.1, 0.15) is 18.0 Å². The molecule has 9 heteroatoms. The van der Waals surface area contributed by atoms with E-state index < -0.39 is 5.82 Å². The Hall–Kier alpha value is -3.13. The second-order valence-electron chi connectivity index (χ2n) is 6.40. The summed E-state index contributed by atoms with van der Waals surface area (Å²) in [5, 5.41) is 6.65. The van der Waals surface area contributed by atoms with Gasteiger partial charge in [0.15, 0.2) is 11.5 Å². The van der Waals surface area contributed by atoms with Gasteiger partial charge in [0, 0.05) is 30.1 Å². The maximum Gasteiger partial charge on any atom is 0.219 e. The third kappa shape index (κ3) is 5.27. The van der Waals surface area contributed by atoms with Crippen LogP contribution in [0.1, 0.15) is 19.8 Å². The van der Waals surface area contributed by atoms with Crippen LogP contribution in [-0.2, 0) is 4.79 Å². The summed E-state index contributed by atoms with van der Waals surface area (Å²) in [6.07, 6.45) is 2.53. The fourth-order valence-corrected chi connectivity index (χ4v) is 2.93. The Bertz CT molecular complexity index is 1050. The van der Waals surface area contributed by atoms with Gasteiger partial charge in [0.05, 0.1) is 24.3 Å². The van der Waals surface area contributed by atoms with Crippen molar-refractivity contribution in [3.8, 4) is 11.5 Å². The molecule has 0 fully saturated rings. The molecule has 3 aromatic rings. The Morgan fingerprint density at radius 1 is 1.20 bits per heavy atom. The van der Waals surface area contributed by atoms with E-state index in [0.29, 0.717) is 59.9 Å². The summed E-state index contributed by atoms with van der Waals surface area (Å²) in [7, 11) is 1.55. The predicted octanol–water partition coefficient (Wildman–Crippen LogP) is 4.47. The molecule has 3 rings (SSSR count). The standard InChI is InChI=1S/C21H22ClFN4O3/c1-3-20(28)24-7-4-8-30-19-10-14-17(11-18(19)29-2)25-12-26-21(14)27-13-5-6-16(23)15(22)9-13/h5-6,9-12H,3-4,7-8H2,1-2H3,(H,24,28)(H,25,26,27). The maximum absolute atomic E-state index is 13.4. The van der Waals surface area contributed by atoms with E-state index in [1.54, 1.807) is 32.2 Å². The van der Waals surface area contributed by atoms with Crippen LogP contribution in [0.5, 0.6) is 11.5 Å². The molecule has 0 saturated heterocycles. The average molecular weight is 433 g/mol. The van der Waals surface area contributed by atoms with E-state index in [1.165, 1.54) is 18.5 Å². The molecule has 0 aliphatic heterocycles. The Labute approximate surface area is 178 Å². The second kappa shape index (κ2) is 10.1. The van der Waals surface area contributed by atoms with Gasteiger partial charge in [-0.15, -0.1) is 0 Å². The normalized spacial score (nSPS) is 10.7. The number of nitrogens with zero attached hydrogens (tertiary/aromatic N) is 2. The lowest BCUT2D eigenvalue weighted by Crippen LogP contribution is -2.24. The van der Waals surface area contributed by atoms with Crippen molar-refractivity contribution in [2.75, 3.05) is 25.6 Å². The van der Waals surface area contributed by atoms with Crippen molar-refractivity contribution in [1.82, 2.24) is 15.3 Å². The minimum atomic E-state index is -0.495. The fraction of sp³-hybridized carbons (Fsp3) is 0.286. The molecule has 0 bridgehead atoms. The second-order valence-corrected chi connectivity index (χ2v) is 6.81. The van der Waals surface area contributed by atoms with E-state index in [4.69, 9.17) is 21.1 Å². The SMILES string of the molecule is CCC(=O)NCCCOc1cc2c(Nc3ccc(F)c(Cl)c3)ncnc2cc1OC. The first-order chi connectivity index (χ1) is 14.5. The predicted molar refractivity (Wildman–Crippen MR) is 114 cm³/mol. The number of aromatic nitrogens is 2. The van der Waals surface area contributed by atoms with E-state index in [0.717, 1.165) is 0 Å². The lowest BCUT2D eigenvalue weighted by atomic mass is 10.2. The van der Waals surface area contributed by atoms with Gasteiger partial charge < -0.3 is 20.1 Å². The molecule has 2 N–H and O–H groups in total. The number of nitrogens with one attached hydrogen (secondary N) is 2. The minimum Gasteiger partial charge on any atom is -0.493 e. The highest BCUT2D eigenvalue weighted by Crippen LogP contribution is 2.35. The summed E-state index contributed by atoms with van der Waals surface area (Å²) in [5.74, 6) is 1.10. The number of anilines is 2. The summed E-state index contributed by atoms with van der Waals surface area (Å²) >= 11 is 5.86. The van der Waals surface area contributed by atoms with Crippen LogP contribution in [0.3, 0.4) is 0 Å². The molecule has 0 unspecified atom stereocenters. The van der Waals surface area contributed by atoms with Crippen LogP contribution < -0.4 is 20.1 Å². The molecule has 1 heterocycles. The zero-order chi connectivity index (χ0) is 21.5. The van der Waals surface area contributed by atoms with Gasteiger partial charge in [0.2, 0.25) is 5.91 Å². The van der Waals surface area contributed by atoms with Crippen LogP contribution in [0.2, 0.25) is 5.02 Å². The number of rotatable bonds is 9. The highest BCUT2D eigenvalue weighted by molar-refractivity contribution is 6.31.